The lowest BCUT2D eigenvalue weighted by atomic mass is 10.1. The van der Waals surface area contributed by atoms with Crippen LogP contribution in [0.1, 0.15) is 12.0 Å². The van der Waals surface area contributed by atoms with Crippen molar-refractivity contribution in [2.45, 2.75) is 18.9 Å². The quantitative estimate of drug-likeness (QED) is 0.605. The number of carbonyl (C=O) groups excluding carboxylic acids is 1. The van der Waals surface area contributed by atoms with Gasteiger partial charge in [0.15, 0.2) is 0 Å². The van der Waals surface area contributed by atoms with Crippen molar-refractivity contribution in [3.63, 3.8) is 0 Å². The molecule has 1 aromatic rings. The van der Waals surface area contributed by atoms with Crippen LogP contribution in [-0.2, 0) is 11.2 Å². The van der Waals surface area contributed by atoms with E-state index in [0.717, 1.165) is 25.1 Å². The second kappa shape index (κ2) is 5.59. The minimum absolute atomic E-state index is 0.0409. The molecule has 1 aliphatic rings. The largest absolute Gasteiger partial charge is 0.352 e. The zero-order valence-corrected chi connectivity index (χ0v) is 9.89. The number of hydrogen-bond acceptors (Lipinski definition) is 4. The molecule has 0 spiro atoms. The van der Waals surface area contributed by atoms with E-state index in [1.807, 2.05) is 0 Å². The second-order valence-electron chi connectivity index (χ2n) is 4.36. The summed E-state index contributed by atoms with van der Waals surface area (Å²) in [5.41, 5.74) is 0.822. The third-order valence-electron chi connectivity index (χ3n) is 2.94. The van der Waals surface area contributed by atoms with Gasteiger partial charge in [-0.1, -0.05) is 12.1 Å². The van der Waals surface area contributed by atoms with Crippen LogP contribution in [0.3, 0.4) is 0 Å². The van der Waals surface area contributed by atoms with Crippen molar-refractivity contribution in [2.24, 2.45) is 0 Å². The molecule has 1 fully saturated rings. The Labute approximate surface area is 105 Å². The third-order valence-corrected chi connectivity index (χ3v) is 2.94. The summed E-state index contributed by atoms with van der Waals surface area (Å²) in [7, 11) is 0. The highest BCUT2D eigenvalue weighted by Gasteiger charge is 2.16. The van der Waals surface area contributed by atoms with Crippen LogP contribution in [0, 0.1) is 10.1 Å². The predicted octanol–water partition coefficient (Wildman–Crippen LogP) is 0.615. The first-order valence-electron chi connectivity index (χ1n) is 5.88. The predicted molar refractivity (Wildman–Crippen MR) is 66.2 cm³/mol. The van der Waals surface area contributed by atoms with Crippen molar-refractivity contribution < 1.29 is 9.72 Å². The fourth-order valence-electron chi connectivity index (χ4n) is 1.98. The van der Waals surface area contributed by atoms with Gasteiger partial charge in [0.1, 0.15) is 0 Å². The van der Waals surface area contributed by atoms with Gasteiger partial charge < -0.3 is 10.6 Å². The molecule has 1 aliphatic heterocycles. The van der Waals surface area contributed by atoms with Crippen molar-refractivity contribution in [1.29, 1.82) is 0 Å². The Bertz CT molecular complexity index is 438. The van der Waals surface area contributed by atoms with E-state index in [9.17, 15) is 14.9 Å². The molecule has 0 aromatic heterocycles. The lowest BCUT2D eigenvalue weighted by Gasteiger charge is -2.10. The van der Waals surface area contributed by atoms with Crippen LogP contribution in [-0.4, -0.2) is 30.0 Å². The molecule has 18 heavy (non-hydrogen) atoms. The molecule has 0 bridgehead atoms. The third kappa shape index (κ3) is 3.27. The Kier molecular flexibility index (Phi) is 3.88. The SMILES string of the molecule is O=C(Cc1ccc([N+](=O)[O-])cc1)N[C@H]1CCNC1. The van der Waals surface area contributed by atoms with Crippen molar-refractivity contribution in [1.82, 2.24) is 10.6 Å². The van der Waals surface area contributed by atoms with Crippen LogP contribution in [0.5, 0.6) is 0 Å². The standard InChI is InChI=1S/C12H15N3O3/c16-12(14-10-5-6-13-8-10)7-9-1-3-11(4-2-9)15(17)18/h1-4,10,13H,5-8H2,(H,14,16)/t10-/m0/s1. The van der Waals surface area contributed by atoms with Gasteiger partial charge in [0.25, 0.3) is 5.69 Å². The summed E-state index contributed by atoms with van der Waals surface area (Å²) in [6.45, 7) is 1.74. The van der Waals surface area contributed by atoms with Gasteiger partial charge in [-0.2, -0.15) is 0 Å². The highest BCUT2D eigenvalue weighted by molar-refractivity contribution is 5.79. The van der Waals surface area contributed by atoms with Gasteiger partial charge in [-0.15, -0.1) is 0 Å². The van der Waals surface area contributed by atoms with Crippen LogP contribution in [0.4, 0.5) is 5.69 Å². The lowest BCUT2D eigenvalue weighted by Crippen LogP contribution is -2.37. The maximum atomic E-state index is 11.7. The molecule has 1 heterocycles. The molecule has 0 saturated carbocycles. The Hall–Kier alpha value is -1.95. The number of nitrogens with zero attached hydrogens (tertiary/aromatic N) is 1. The van der Waals surface area contributed by atoms with Crippen molar-refractivity contribution >= 4 is 11.6 Å². The summed E-state index contributed by atoms with van der Waals surface area (Å²) < 4.78 is 0. The first-order chi connectivity index (χ1) is 8.65. The lowest BCUT2D eigenvalue weighted by molar-refractivity contribution is -0.384. The Morgan fingerprint density at radius 2 is 2.17 bits per heavy atom. The van der Waals surface area contributed by atoms with E-state index in [4.69, 9.17) is 0 Å². The fraction of sp³-hybridized carbons (Fsp3) is 0.417. The van der Waals surface area contributed by atoms with Gasteiger partial charge in [0, 0.05) is 24.7 Å². The van der Waals surface area contributed by atoms with Gasteiger partial charge >= 0.3 is 0 Å². The van der Waals surface area contributed by atoms with Crippen LogP contribution in [0.2, 0.25) is 0 Å². The summed E-state index contributed by atoms with van der Waals surface area (Å²) in [6.07, 6.45) is 1.21. The molecule has 1 atom stereocenters. The maximum Gasteiger partial charge on any atom is 0.269 e. The zero-order valence-electron chi connectivity index (χ0n) is 9.89. The molecule has 6 nitrogen and oxygen atoms in total. The average Bonchev–Trinajstić information content (AvgIpc) is 2.82. The number of hydrogen-bond donors (Lipinski definition) is 2. The number of benzene rings is 1. The van der Waals surface area contributed by atoms with Crippen molar-refractivity contribution in [3.05, 3.63) is 39.9 Å². The number of amides is 1. The first-order valence-corrected chi connectivity index (χ1v) is 5.88. The van der Waals surface area contributed by atoms with Gasteiger partial charge in [0.2, 0.25) is 5.91 Å². The normalized spacial score (nSPS) is 18.6. The van der Waals surface area contributed by atoms with Gasteiger partial charge in [-0.05, 0) is 18.5 Å². The summed E-state index contributed by atoms with van der Waals surface area (Å²) >= 11 is 0. The molecule has 2 N–H and O–H groups in total. The summed E-state index contributed by atoms with van der Waals surface area (Å²) in [6, 6.07) is 6.27. The number of nitro benzene ring substituents is 1. The number of nitro groups is 1. The summed E-state index contributed by atoms with van der Waals surface area (Å²) in [5.74, 6) is -0.0439. The molecule has 2 rings (SSSR count). The summed E-state index contributed by atoms with van der Waals surface area (Å²) in [4.78, 5) is 21.7. The van der Waals surface area contributed by atoms with Crippen LogP contribution in [0.25, 0.3) is 0 Å². The molecule has 1 saturated heterocycles. The molecule has 96 valence electrons. The minimum Gasteiger partial charge on any atom is -0.352 e. The van der Waals surface area contributed by atoms with E-state index in [0.29, 0.717) is 0 Å². The van der Waals surface area contributed by atoms with Crippen molar-refractivity contribution in [2.75, 3.05) is 13.1 Å². The highest BCUT2D eigenvalue weighted by atomic mass is 16.6. The summed E-state index contributed by atoms with van der Waals surface area (Å²) in [5, 5.41) is 16.6. The van der Waals surface area contributed by atoms with Gasteiger partial charge in [-0.3, -0.25) is 14.9 Å². The van der Waals surface area contributed by atoms with E-state index in [2.05, 4.69) is 10.6 Å². The molecular formula is C12H15N3O3. The zero-order chi connectivity index (χ0) is 13.0. The molecule has 1 amide bonds. The van der Waals surface area contributed by atoms with Gasteiger partial charge in [0.05, 0.1) is 11.3 Å². The Morgan fingerprint density at radius 1 is 1.44 bits per heavy atom. The Balaban J connectivity index is 1.88. The monoisotopic (exact) mass is 249 g/mol. The van der Waals surface area contributed by atoms with Crippen LogP contribution >= 0.6 is 0 Å². The minimum atomic E-state index is -0.450. The molecule has 0 unspecified atom stereocenters. The number of non-ortho nitro benzene ring substituents is 1. The molecule has 0 radical (unpaired) electrons. The van der Waals surface area contributed by atoms with E-state index >= 15 is 0 Å². The highest BCUT2D eigenvalue weighted by Crippen LogP contribution is 2.12. The first kappa shape index (κ1) is 12.5. The van der Waals surface area contributed by atoms with Crippen molar-refractivity contribution in [3.8, 4) is 0 Å². The van der Waals surface area contributed by atoms with Crippen LogP contribution < -0.4 is 10.6 Å². The van der Waals surface area contributed by atoms with Gasteiger partial charge in [-0.25, -0.2) is 0 Å². The Morgan fingerprint density at radius 3 is 2.72 bits per heavy atom. The smallest absolute Gasteiger partial charge is 0.269 e. The number of nitrogens with one attached hydrogen (secondary N) is 2. The van der Waals surface area contributed by atoms with E-state index in [1.54, 1.807) is 12.1 Å². The average molecular weight is 249 g/mol. The fourth-order valence-corrected chi connectivity index (χ4v) is 1.98. The van der Waals surface area contributed by atoms with Crippen LogP contribution in [0.15, 0.2) is 24.3 Å². The topological polar surface area (TPSA) is 84.3 Å². The number of rotatable bonds is 4. The van der Waals surface area contributed by atoms with E-state index in [1.165, 1.54) is 12.1 Å². The molecular weight excluding hydrogens is 234 g/mol. The number of carbonyl (C=O) groups is 1. The molecule has 1 aromatic carbocycles. The second-order valence-corrected chi connectivity index (χ2v) is 4.36. The molecule has 6 heteroatoms. The molecule has 0 aliphatic carbocycles. The van der Waals surface area contributed by atoms with E-state index in [-0.39, 0.29) is 24.1 Å². The van der Waals surface area contributed by atoms with E-state index < -0.39 is 4.92 Å². The maximum absolute atomic E-state index is 11.7.